The van der Waals surface area contributed by atoms with E-state index in [1.165, 1.54) is 0 Å². The third-order valence-corrected chi connectivity index (χ3v) is 5.52. The summed E-state index contributed by atoms with van der Waals surface area (Å²) >= 11 is 0. The SMILES string of the molecule is Cc1ccc(C(=O)Nc2cc(C(=O)N3CC(C)CC(C)C3)ccc2C)c(C)c1. The molecule has 4 nitrogen and oxygen atoms in total. The molecule has 1 N–H and O–H groups in total. The average molecular weight is 379 g/mol. The van der Waals surface area contributed by atoms with Gasteiger partial charge in [-0.25, -0.2) is 0 Å². The fourth-order valence-electron chi connectivity index (χ4n) is 4.16. The van der Waals surface area contributed by atoms with E-state index in [9.17, 15) is 9.59 Å². The van der Waals surface area contributed by atoms with Gasteiger partial charge in [0, 0.05) is 29.9 Å². The molecule has 1 saturated heterocycles. The predicted molar refractivity (Wildman–Crippen MR) is 114 cm³/mol. The number of hydrogen-bond donors (Lipinski definition) is 1. The number of hydrogen-bond acceptors (Lipinski definition) is 2. The van der Waals surface area contributed by atoms with E-state index in [4.69, 9.17) is 0 Å². The second-order valence-corrected chi connectivity index (χ2v) is 8.46. The van der Waals surface area contributed by atoms with E-state index >= 15 is 0 Å². The Morgan fingerprint density at radius 2 is 1.61 bits per heavy atom. The number of carbonyl (C=O) groups is 2. The van der Waals surface area contributed by atoms with Crippen LogP contribution in [0.4, 0.5) is 5.69 Å². The minimum absolute atomic E-state index is 0.0421. The van der Waals surface area contributed by atoms with E-state index in [1.54, 1.807) is 0 Å². The summed E-state index contributed by atoms with van der Waals surface area (Å²) in [5.74, 6) is 0.925. The standard InChI is InChI=1S/C24H30N2O2/c1-15-6-9-21(19(5)11-15)23(27)25-22-12-20(8-7-18(22)4)24(28)26-13-16(2)10-17(3)14-26/h6-9,11-12,16-17H,10,13-14H2,1-5H3,(H,25,27). The van der Waals surface area contributed by atoms with Crippen molar-refractivity contribution in [2.75, 3.05) is 18.4 Å². The molecule has 4 heteroatoms. The Bertz CT molecular complexity index is 893. The highest BCUT2D eigenvalue weighted by atomic mass is 16.2. The average Bonchev–Trinajstić information content (AvgIpc) is 2.62. The fourth-order valence-corrected chi connectivity index (χ4v) is 4.16. The van der Waals surface area contributed by atoms with Crippen LogP contribution in [-0.2, 0) is 0 Å². The lowest BCUT2D eigenvalue weighted by atomic mass is 9.91. The quantitative estimate of drug-likeness (QED) is 0.819. The van der Waals surface area contributed by atoms with Crippen LogP contribution >= 0.6 is 0 Å². The summed E-state index contributed by atoms with van der Waals surface area (Å²) in [6, 6.07) is 11.4. The second-order valence-electron chi connectivity index (χ2n) is 8.46. The van der Waals surface area contributed by atoms with Gasteiger partial charge in [-0.2, -0.15) is 0 Å². The summed E-state index contributed by atoms with van der Waals surface area (Å²) in [5.41, 5.74) is 4.98. The minimum Gasteiger partial charge on any atom is -0.338 e. The first-order valence-corrected chi connectivity index (χ1v) is 10.0. The van der Waals surface area contributed by atoms with Crippen LogP contribution in [0.15, 0.2) is 36.4 Å². The number of rotatable bonds is 3. The Hall–Kier alpha value is -2.62. The summed E-state index contributed by atoms with van der Waals surface area (Å²) in [6.07, 6.45) is 1.16. The van der Waals surface area contributed by atoms with E-state index in [-0.39, 0.29) is 11.8 Å². The molecule has 0 bridgehead atoms. The van der Waals surface area contributed by atoms with Gasteiger partial charge in [-0.1, -0.05) is 37.6 Å². The van der Waals surface area contributed by atoms with Gasteiger partial charge in [0.25, 0.3) is 11.8 Å². The van der Waals surface area contributed by atoms with Crippen molar-refractivity contribution >= 4 is 17.5 Å². The molecule has 148 valence electrons. The van der Waals surface area contributed by atoms with Crippen molar-refractivity contribution in [3.63, 3.8) is 0 Å². The normalized spacial score (nSPS) is 19.4. The summed E-state index contributed by atoms with van der Waals surface area (Å²) in [4.78, 5) is 27.7. The van der Waals surface area contributed by atoms with Crippen molar-refractivity contribution in [1.29, 1.82) is 0 Å². The molecule has 1 aliphatic rings. The van der Waals surface area contributed by atoms with Crippen LogP contribution < -0.4 is 5.32 Å². The molecule has 0 aromatic heterocycles. The first kappa shape index (κ1) is 20.1. The van der Waals surface area contributed by atoms with Gasteiger partial charge in [0.05, 0.1) is 0 Å². The van der Waals surface area contributed by atoms with Crippen molar-refractivity contribution in [1.82, 2.24) is 4.90 Å². The lowest BCUT2D eigenvalue weighted by Gasteiger charge is -2.35. The summed E-state index contributed by atoms with van der Waals surface area (Å²) in [6.45, 7) is 11.9. The molecule has 0 aliphatic carbocycles. The van der Waals surface area contributed by atoms with E-state index in [2.05, 4.69) is 19.2 Å². The molecule has 0 saturated carbocycles. The molecule has 3 rings (SSSR count). The van der Waals surface area contributed by atoms with Crippen molar-refractivity contribution in [3.05, 3.63) is 64.2 Å². The van der Waals surface area contributed by atoms with Gasteiger partial charge in [-0.3, -0.25) is 9.59 Å². The maximum atomic E-state index is 13.0. The maximum absolute atomic E-state index is 13.0. The Morgan fingerprint density at radius 1 is 0.929 bits per heavy atom. The number of amides is 2. The maximum Gasteiger partial charge on any atom is 0.255 e. The number of piperidine rings is 1. The highest BCUT2D eigenvalue weighted by molar-refractivity contribution is 6.06. The van der Waals surface area contributed by atoms with Crippen LogP contribution in [0.5, 0.6) is 0 Å². The van der Waals surface area contributed by atoms with Crippen LogP contribution in [0.2, 0.25) is 0 Å². The van der Waals surface area contributed by atoms with E-state index in [0.29, 0.717) is 28.7 Å². The Balaban J connectivity index is 1.81. The molecule has 1 aliphatic heterocycles. The van der Waals surface area contributed by atoms with Gasteiger partial charge in [0.1, 0.15) is 0 Å². The molecule has 2 atom stereocenters. The van der Waals surface area contributed by atoms with Crippen molar-refractivity contribution in [2.24, 2.45) is 11.8 Å². The predicted octanol–water partition coefficient (Wildman–Crippen LogP) is 4.98. The Morgan fingerprint density at radius 3 is 2.25 bits per heavy atom. The fraction of sp³-hybridized carbons (Fsp3) is 0.417. The topological polar surface area (TPSA) is 49.4 Å². The van der Waals surface area contributed by atoms with Crippen LogP contribution in [0, 0.1) is 32.6 Å². The van der Waals surface area contributed by atoms with Gasteiger partial charge in [-0.15, -0.1) is 0 Å². The van der Waals surface area contributed by atoms with Crippen LogP contribution in [0.3, 0.4) is 0 Å². The van der Waals surface area contributed by atoms with Gasteiger partial charge in [0.2, 0.25) is 0 Å². The van der Waals surface area contributed by atoms with Crippen LogP contribution in [0.1, 0.15) is 57.7 Å². The zero-order chi connectivity index (χ0) is 20.4. The summed E-state index contributed by atoms with van der Waals surface area (Å²) < 4.78 is 0. The summed E-state index contributed by atoms with van der Waals surface area (Å²) in [5, 5.41) is 2.99. The molecule has 0 spiro atoms. The zero-order valence-corrected chi connectivity index (χ0v) is 17.5. The lowest BCUT2D eigenvalue weighted by Crippen LogP contribution is -2.42. The van der Waals surface area contributed by atoms with Gasteiger partial charge >= 0.3 is 0 Å². The number of carbonyl (C=O) groups excluding carboxylic acids is 2. The molecule has 28 heavy (non-hydrogen) atoms. The summed E-state index contributed by atoms with van der Waals surface area (Å²) in [7, 11) is 0. The van der Waals surface area contributed by atoms with Gasteiger partial charge < -0.3 is 10.2 Å². The second kappa shape index (κ2) is 8.17. The van der Waals surface area contributed by atoms with Crippen molar-refractivity contribution in [2.45, 2.75) is 41.0 Å². The Labute approximate surface area is 167 Å². The minimum atomic E-state index is -0.148. The molecule has 0 radical (unpaired) electrons. The molecule has 2 aromatic carbocycles. The Kier molecular flexibility index (Phi) is 5.87. The zero-order valence-electron chi connectivity index (χ0n) is 17.5. The first-order chi connectivity index (χ1) is 13.2. The van der Waals surface area contributed by atoms with Gasteiger partial charge in [0.15, 0.2) is 0 Å². The monoisotopic (exact) mass is 378 g/mol. The largest absolute Gasteiger partial charge is 0.338 e. The third kappa shape index (κ3) is 4.44. The van der Waals surface area contributed by atoms with Crippen LogP contribution in [0.25, 0.3) is 0 Å². The smallest absolute Gasteiger partial charge is 0.255 e. The molecule has 2 amide bonds. The third-order valence-electron chi connectivity index (χ3n) is 5.52. The van der Waals surface area contributed by atoms with Gasteiger partial charge in [-0.05, 0) is 68.4 Å². The molecular formula is C24H30N2O2. The molecule has 2 aromatic rings. The molecular weight excluding hydrogens is 348 g/mol. The molecule has 2 unspecified atom stereocenters. The van der Waals surface area contributed by atoms with Crippen molar-refractivity contribution < 1.29 is 9.59 Å². The molecule has 1 heterocycles. The van der Waals surface area contributed by atoms with Crippen LogP contribution in [-0.4, -0.2) is 29.8 Å². The number of anilines is 1. The number of benzene rings is 2. The highest BCUT2D eigenvalue weighted by Gasteiger charge is 2.26. The van der Waals surface area contributed by atoms with E-state index < -0.39 is 0 Å². The van der Waals surface area contributed by atoms with Crippen molar-refractivity contribution in [3.8, 4) is 0 Å². The van der Waals surface area contributed by atoms with E-state index in [1.807, 2.05) is 62.1 Å². The number of nitrogens with one attached hydrogen (secondary N) is 1. The number of nitrogens with zero attached hydrogens (tertiary/aromatic N) is 1. The highest BCUT2D eigenvalue weighted by Crippen LogP contribution is 2.25. The first-order valence-electron chi connectivity index (χ1n) is 10.0. The molecule has 1 fully saturated rings. The number of aryl methyl sites for hydroxylation is 3. The lowest BCUT2D eigenvalue weighted by molar-refractivity contribution is 0.0623. The number of likely N-dealkylation sites (tertiary alicyclic amines) is 1. The van der Waals surface area contributed by atoms with E-state index in [0.717, 1.165) is 36.2 Å².